The first-order chi connectivity index (χ1) is 11.5. The minimum atomic E-state index is -0.567. The van der Waals surface area contributed by atoms with E-state index in [1.165, 1.54) is 16.4 Å². The van der Waals surface area contributed by atoms with Gasteiger partial charge < -0.3 is 10.4 Å². The molecule has 5 nitrogen and oxygen atoms in total. The van der Waals surface area contributed by atoms with Gasteiger partial charge >= 0.3 is 0 Å². The van der Waals surface area contributed by atoms with Crippen LogP contribution in [0, 0.1) is 6.92 Å². The first-order valence-corrected chi connectivity index (χ1v) is 9.79. The molecule has 0 bridgehead atoms. The van der Waals surface area contributed by atoms with Gasteiger partial charge in [-0.2, -0.15) is 4.37 Å². The number of hydrogen-bond acceptors (Lipinski definition) is 7. The predicted molar refractivity (Wildman–Crippen MR) is 99.0 cm³/mol. The van der Waals surface area contributed by atoms with Crippen molar-refractivity contribution in [2.45, 2.75) is 51.2 Å². The Balaban J connectivity index is 1.62. The van der Waals surface area contributed by atoms with Gasteiger partial charge in [0.1, 0.15) is 11.6 Å². The Hall–Kier alpha value is -1.57. The van der Waals surface area contributed by atoms with Crippen LogP contribution in [0.5, 0.6) is 0 Å². The van der Waals surface area contributed by atoms with Crippen molar-refractivity contribution in [2.75, 3.05) is 5.32 Å². The Labute approximate surface area is 149 Å². The van der Waals surface area contributed by atoms with E-state index in [9.17, 15) is 5.11 Å². The number of anilines is 1. The molecule has 0 spiro atoms. The summed E-state index contributed by atoms with van der Waals surface area (Å²) < 4.78 is 5.42. The highest BCUT2D eigenvalue weighted by molar-refractivity contribution is 7.17. The number of aryl methyl sites for hydroxylation is 1. The number of hydrogen-bond donors (Lipinski definition) is 2. The maximum atomic E-state index is 10.2. The molecule has 0 aromatic carbocycles. The van der Waals surface area contributed by atoms with E-state index in [4.69, 9.17) is 9.97 Å². The zero-order valence-corrected chi connectivity index (χ0v) is 15.4. The summed E-state index contributed by atoms with van der Waals surface area (Å²) in [5, 5.41) is 15.8. The van der Waals surface area contributed by atoms with E-state index in [2.05, 4.69) is 21.1 Å². The zero-order valence-electron chi connectivity index (χ0n) is 13.7. The molecular weight excluding hydrogens is 340 g/mol. The highest BCUT2D eigenvalue weighted by atomic mass is 32.1. The normalized spacial score (nSPS) is 23.9. The van der Waals surface area contributed by atoms with Crippen LogP contribution in [0.3, 0.4) is 0 Å². The summed E-state index contributed by atoms with van der Waals surface area (Å²) in [6.45, 7) is 3.91. The first kappa shape index (κ1) is 15.9. The van der Waals surface area contributed by atoms with Crippen LogP contribution in [0.4, 0.5) is 5.82 Å². The van der Waals surface area contributed by atoms with Crippen LogP contribution in [0.2, 0.25) is 0 Å². The fourth-order valence-electron chi connectivity index (χ4n) is 3.28. The second-order valence-electron chi connectivity index (χ2n) is 6.82. The molecule has 4 rings (SSSR count). The van der Waals surface area contributed by atoms with E-state index in [-0.39, 0.29) is 6.04 Å². The van der Waals surface area contributed by atoms with Gasteiger partial charge in [-0.15, -0.1) is 11.3 Å². The van der Waals surface area contributed by atoms with Crippen molar-refractivity contribution in [1.29, 1.82) is 0 Å². The third-order valence-electron chi connectivity index (χ3n) is 4.42. The standard InChI is InChI=1S/C17H20N4OS2/c1-10-7-12(24-21-10)8-14-19-13-4-6-23-15(13)16(20-14)18-11-3-5-17(2,22)9-11/h4,6-7,11,22H,3,5,8-9H2,1-2H3,(H,18,19,20)/t11-,17?/m0/s1. The number of thiophene rings is 1. The third-order valence-corrected chi connectivity index (χ3v) is 6.20. The average molecular weight is 361 g/mol. The number of nitrogens with one attached hydrogen (secondary N) is 1. The van der Waals surface area contributed by atoms with Crippen LogP contribution in [0.15, 0.2) is 17.5 Å². The van der Waals surface area contributed by atoms with Gasteiger partial charge in [0.15, 0.2) is 0 Å². The molecule has 0 aliphatic heterocycles. The summed E-state index contributed by atoms with van der Waals surface area (Å²) in [5.41, 5.74) is 1.46. The number of aliphatic hydroxyl groups is 1. The summed E-state index contributed by atoms with van der Waals surface area (Å²) in [5.74, 6) is 1.71. The second kappa shape index (κ2) is 6.06. The van der Waals surface area contributed by atoms with Gasteiger partial charge in [0.05, 0.1) is 21.5 Å². The molecule has 2 atom stereocenters. The largest absolute Gasteiger partial charge is 0.390 e. The van der Waals surface area contributed by atoms with Crippen LogP contribution in [0.1, 0.15) is 42.6 Å². The van der Waals surface area contributed by atoms with Crippen molar-refractivity contribution >= 4 is 38.9 Å². The zero-order chi connectivity index (χ0) is 16.7. The van der Waals surface area contributed by atoms with Crippen molar-refractivity contribution < 1.29 is 5.11 Å². The van der Waals surface area contributed by atoms with Gasteiger partial charge in [0, 0.05) is 17.3 Å². The lowest BCUT2D eigenvalue weighted by Gasteiger charge is -2.17. The lowest BCUT2D eigenvalue weighted by molar-refractivity contribution is 0.0673. The van der Waals surface area contributed by atoms with Gasteiger partial charge in [-0.05, 0) is 62.2 Å². The van der Waals surface area contributed by atoms with Crippen molar-refractivity contribution in [2.24, 2.45) is 0 Å². The number of rotatable bonds is 4. The van der Waals surface area contributed by atoms with Crippen molar-refractivity contribution in [1.82, 2.24) is 14.3 Å². The third kappa shape index (κ3) is 3.29. The van der Waals surface area contributed by atoms with Crippen LogP contribution in [0.25, 0.3) is 10.2 Å². The fourth-order valence-corrected chi connectivity index (χ4v) is 4.80. The molecule has 0 radical (unpaired) electrons. The Bertz CT molecular complexity index is 870. The molecule has 7 heteroatoms. The van der Waals surface area contributed by atoms with Crippen molar-refractivity contribution in [3.05, 3.63) is 33.9 Å². The molecule has 1 aliphatic carbocycles. The van der Waals surface area contributed by atoms with E-state index in [0.29, 0.717) is 6.42 Å². The Morgan fingerprint density at radius 3 is 3.00 bits per heavy atom. The molecule has 2 N–H and O–H groups in total. The molecule has 3 heterocycles. The Morgan fingerprint density at radius 1 is 1.42 bits per heavy atom. The van der Waals surface area contributed by atoms with Crippen molar-refractivity contribution in [3.63, 3.8) is 0 Å². The van der Waals surface area contributed by atoms with Crippen molar-refractivity contribution in [3.8, 4) is 0 Å². The SMILES string of the molecule is Cc1cc(Cc2nc(N[C@H]3CCC(C)(O)C3)c3sccc3n2)sn1. The Kier molecular flexibility index (Phi) is 4.02. The highest BCUT2D eigenvalue weighted by Crippen LogP contribution is 2.34. The van der Waals surface area contributed by atoms with E-state index in [0.717, 1.165) is 46.8 Å². The van der Waals surface area contributed by atoms with Crippen LogP contribution < -0.4 is 5.32 Å². The lowest BCUT2D eigenvalue weighted by atomic mass is 10.1. The number of nitrogens with zero attached hydrogens (tertiary/aromatic N) is 3. The lowest BCUT2D eigenvalue weighted by Crippen LogP contribution is -2.24. The molecule has 0 saturated heterocycles. The molecule has 3 aromatic heterocycles. The first-order valence-electron chi connectivity index (χ1n) is 8.14. The van der Waals surface area contributed by atoms with Gasteiger partial charge in [-0.3, -0.25) is 0 Å². The highest BCUT2D eigenvalue weighted by Gasteiger charge is 2.33. The number of fused-ring (bicyclic) bond motifs is 1. The van der Waals surface area contributed by atoms with Crippen LogP contribution in [-0.2, 0) is 6.42 Å². The van der Waals surface area contributed by atoms with Crippen LogP contribution in [-0.4, -0.2) is 31.1 Å². The molecule has 3 aromatic rings. The van der Waals surface area contributed by atoms with Gasteiger partial charge in [0.25, 0.3) is 0 Å². The smallest absolute Gasteiger partial charge is 0.148 e. The summed E-state index contributed by atoms with van der Waals surface area (Å²) in [7, 11) is 0. The molecule has 0 amide bonds. The molecule has 1 fully saturated rings. The van der Waals surface area contributed by atoms with E-state index in [1.54, 1.807) is 11.3 Å². The van der Waals surface area contributed by atoms with Gasteiger partial charge in [-0.1, -0.05) is 0 Å². The summed E-state index contributed by atoms with van der Waals surface area (Å²) in [4.78, 5) is 10.6. The quantitative estimate of drug-likeness (QED) is 0.741. The molecule has 1 saturated carbocycles. The summed E-state index contributed by atoms with van der Waals surface area (Å²) in [6.07, 6.45) is 3.26. The fraction of sp³-hybridized carbons (Fsp3) is 0.471. The number of aromatic nitrogens is 3. The topological polar surface area (TPSA) is 70.9 Å². The monoisotopic (exact) mass is 360 g/mol. The molecule has 1 unspecified atom stereocenters. The molecule has 1 aliphatic rings. The van der Waals surface area contributed by atoms with Crippen LogP contribution >= 0.6 is 22.9 Å². The second-order valence-corrected chi connectivity index (χ2v) is 8.62. The maximum Gasteiger partial charge on any atom is 0.148 e. The minimum absolute atomic E-state index is 0.263. The van der Waals surface area contributed by atoms with E-state index < -0.39 is 5.60 Å². The molecule has 126 valence electrons. The summed E-state index contributed by atoms with van der Waals surface area (Å²) >= 11 is 3.17. The average Bonchev–Trinajstić information content (AvgIpc) is 3.20. The maximum absolute atomic E-state index is 10.2. The van der Waals surface area contributed by atoms with Gasteiger partial charge in [-0.25, -0.2) is 9.97 Å². The summed E-state index contributed by atoms with van der Waals surface area (Å²) in [6, 6.07) is 4.39. The minimum Gasteiger partial charge on any atom is -0.390 e. The van der Waals surface area contributed by atoms with E-state index in [1.807, 2.05) is 19.9 Å². The Morgan fingerprint density at radius 2 is 2.29 bits per heavy atom. The van der Waals surface area contributed by atoms with E-state index >= 15 is 0 Å². The van der Waals surface area contributed by atoms with Gasteiger partial charge in [0.2, 0.25) is 0 Å². The molecular formula is C17H20N4OS2. The predicted octanol–water partition coefficient (Wildman–Crippen LogP) is 3.76. The molecule has 24 heavy (non-hydrogen) atoms.